The summed E-state index contributed by atoms with van der Waals surface area (Å²) in [6.45, 7) is 0. The Kier molecular flexibility index (Phi) is 5.15. The lowest BCUT2D eigenvalue weighted by Gasteiger charge is -2.07. The third-order valence-electron chi connectivity index (χ3n) is 4.20. The Hall–Kier alpha value is -3.08. The lowest BCUT2D eigenvalue weighted by molar-refractivity contribution is 0.102. The number of aromatic nitrogens is 2. The number of carbonyl (C=O) groups excluding carboxylic acids is 1. The number of nitrogens with zero attached hydrogens (tertiary/aromatic N) is 2. The van der Waals surface area contributed by atoms with Gasteiger partial charge >= 0.3 is 0 Å². The summed E-state index contributed by atoms with van der Waals surface area (Å²) in [7, 11) is 0. The third-order valence-corrected chi connectivity index (χ3v) is 4.76. The van der Waals surface area contributed by atoms with Crippen molar-refractivity contribution in [2.45, 2.75) is 0 Å². The van der Waals surface area contributed by atoms with Gasteiger partial charge in [-0.2, -0.15) is 5.10 Å². The van der Waals surface area contributed by atoms with E-state index in [-0.39, 0.29) is 5.91 Å². The van der Waals surface area contributed by atoms with Crippen molar-refractivity contribution in [2.24, 2.45) is 0 Å². The maximum atomic E-state index is 13.0. The Morgan fingerprint density at radius 2 is 1.64 bits per heavy atom. The molecule has 0 saturated carbocycles. The molecule has 0 aliphatic rings. The minimum absolute atomic E-state index is 0.301. The monoisotopic (exact) mass is 407 g/mol. The van der Waals surface area contributed by atoms with Crippen molar-refractivity contribution >= 4 is 34.8 Å². The Morgan fingerprint density at radius 3 is 2.39 bits per heavy atom. The van der Waals surface area contributed by atoms with E-state index in [1.165, 1.54) is 0 Å². The topological polar surface area (TPSA) is 46.9 Å². The molecule has 4 rings (SSSR count). The highest BCUT2D eigenvalue weighted by Crippen LogP contribution is 2.28. The van der Waals surface area contributed by atoms with Gasteiger partial charge in [-0.15, -0.1) is 0 Å². The molecule has 1 amide bonds. The molecule has 4 aromatic rings. The maximum absolute atomic E-state index is 13.0. The van der Waals surface area contributed by atoms with Crippen molar-refractivity contribution in [3.8, 4) is 16.9 Å². The van der Waals surface area contributed by atoms with Gasteiger partial charge in [0.1, 0.15) is 5.69 Å². The maximum Gasteiger partial charge on any atom is 0.259 e. The smallest absolute Gasteiger partial charge is 0.259 e. The molecule has 4 nitrogen and oxygen atoms in total. The number of anilines is 1. The molecule has 1 heterocycles. The lowest BCUT2D eigenvalue weighted by Crippen LogP contribution is -2.12. The number of amides is 1. The first-order valence-electron chi connectivity index (χ1n) is 8.59. The highest BCUT2D eigenvalue weighted by Gasteiger charge is 2.19. The molecule has 0 spiro atoms. The van der Waals surface area contributed by atoms with E-state index in [1.54, 1.807) is 35.1 Å². The van der Waals surface area contributed by atoms with Gasteiger partial charge in [-0.1, -0.05) is 65.7 Å². The average Bonchev–Trinajstić information content (AvgIpc) is 3.16. The predicted molar refractivity (Wildman–Crippen MR) is 113 cm³/mol. The van der Waals surface area contributed by atoms with Crippen LogP contribution in [0, 0.1) is 0 Å². The quantitative estimate of drug-likeness (QED) is 0.444. The SMILES string of the molecule is O=C(Nc1ccccc1Cl)c1cn(-c2ccccc2)nc1-c1cccc(Cl)c1. The van der Waals surface area contributed by atoms with Crippen LogP contribution in [-0.2, 0) is 0 Å². The number of halogens is 2. The summed E-state index contributed by atoms with van der Waals surface area (Å²) in [6.07, 6.45) is 1.71. The lowest BCUT2D eigenvalue weighted by atomic mass is 10.1. The number of nitrogens with one attached hydrogen (secondary N) is 1. The van der Waals surface area contributed by atoms with E-state index < -0.39 is 0 Å². The normalized spacial score (nSPS) is 10.6. The van der Waals surface area contributed by atoms with Crippen molar-refractivity contribution < 1.29 is 4.79 Å². The molecule has 0 aliphatic carbocycles. The summed E-state index contributed by atoms with van der Waals surface area (Å²) in [6, 6.07) is 24.0. The Morgan fingerprint density at radius 1 is 0.893 bits per heavy atom. The van der Waals surface area contributed by atoms with Crippen LogP contribution >= 0.6 is 23.2 Å². The van der Waals surface area contributed by atoms with Crippen LogP contribution < -0.4 is 5.32 Å². The summed E-state index contributed by atoms with van der Waals surface area (Å²) >= 11 is 12.3. The van der Waals surface area contributed by atoms with Gasteiger partial charge in [0.15, 0.2) is 0 Å². The van der Waals surface area contributed by atoms with E-state index >= 15 is 0 Å². The molecule has 3 aromatic carbocycles. The van der Waals surface area contributed by atoms with Gasteiger partial charge in [0.05, 0.1) is 22.0 Å². The van der Waals surface area contributed by atoms with Crippen LogP contribution in [0.4, 0.5) is 5.69 Å². The number of hydrogen-bond acceptors (Lipinski definition) is 2. The molecule has 0 saturated heterocycles. The minimum Gasteiger partial charge on any atom is -0.321 e. The fraction of sp³-hybridized carbons (Fsp3) is 0. The van der Waals surface area contributed by atoms with Crippen molar-refractivity contribution in [3.05, 3.63) is 101 Å². The summed E-state index contributed by atoms with van der Waals surface area (Å²) in [5, 5.41) is 8.54. The van der Waals surface area contributed by atoms with Gasteiger partial charge in [-0.3, -0.25) is 4.79 Å². The molecule has 1 N–H and O–H groups in total. The van der Waals surface area contributed by atoms with E-state index in [0.717, 1.165) is 11.3 Å². The van der Waals surface area contributed by atoms with Crippen LogP contribution in [0.25, 0.3) is 16.9 Å². The Balaban J connectivity index is 1.79. The third kappa shape index (κ3) is 3.79. The van der Waals surface area contributed by atoms with Crippen molar-refractivity contribution in [1.82, 2.24) is 9.78 Å². The molecule has 0 aliphatic heterocycles. The zero-order valence-electron chi connectivity index (χ0n) is 14.6. The molecular weight excluding hydrogens is 393 g/mol. The molecular formula is C22H15Cl2N3O. The fourth-order valence-corrected chi connectivity index (χ4v) is 3.23. The molecule has 0 radical (unpaired) electrons. The minimum atomic E-state index is -0.301. The van der Waals surface area contributed by atoms with Crippen LogP contribution in [0.2, 0.25) is 10.0 Å². The van der Waals surface area contributed by atoms with Gasteiger partial charge < -0.3 is 5.32 Å². The van der Waals surface area contributed by atoms with Crippen LogP contribution in [0.1, 0.15) is 10.4 Å². The van der Waals surface area contributed by atoms with Gasteiger partial charge in [0.2, 0.25) is 0 Å². The first-order chi connectivity index (χ1) is 13.6. The van der Waals surface area contributed by atoms with Gasteiger partial charge in [-0.25, -0.2) is 4.68 Å². The zero-order chi connectivity index (χ0) is 19.5. The van der Waals surface area contributed by atoms with E-state index in [0.29, 0.717) is 27.0 Å². The molecule has 28 heavy (non-hydrogen) atoms. The molecule has 138 valence electrons. The first-order valence-corrected chi connectivity index (χ1v) is 9.34. The van der Waals surface area contributed by atoms with Crippen molar-refractivity contribution in [1.29, 1.82) is 0 Å². The van der Waals surface area contributed by atoms with Gasteiger partial charge in [-0.05, 0) is 36.4 Å². The van der Waals surface area contributed by atoms with Crippen molar-refractivity contribution in [3.63, 3.8) is 0 Å². The van der Waals surface area contributed by atoms with Crippen LogP contribution in [-0.4, -0.2) is 15.7 Å². The summed E-state index contributed by atoms with van der Waals surface area (Å²) in [5.74, 6) is -0.301. The zero-order valence-corrected chi connectivity index (χ0v) is 16.2. The average molecular weight is 408 g/mol. The molecule has 6 heteroatoms. The highest BCUT2D eigenvalue weighted by atomic mass is 35.5. The number of carbonyl (C=O) groups is 1. The Labute approximate surface area is 172 Å². The second-order valence-corrected chi connectivity index (χ2v) is 6.96. The largest absolute Gasteiger partial charge is 0.321 e. The van der Waals surface area contributed by atoms with Crippen LogP contribution in [0.5, 0.6) is 0 Å². The van der Waals surface area contributed by atoms with Crippen LogP contribution in [0.15, 0.2) is 85.1 Å². The van der Waals surface area contributed by atoms with Crippen LogP contribution in [0.3, 0.4) is 0 Å². The molecule has 0 bridgehead atoms. The molecule has 0 atom stereocenters. The second kappa shape index (κ2) is 7.89. The van der Waals surface area contributed by atoms with Gasteiger partial charge in [0.25, 0.3) is 5.91 Å². The summed E-state index contributed by atoms with van der Waals surface area (Å²) < 4.78 is 1.68. The Bertz CT molecular complexity index is 1140. The van der Waals surface area contributed by atoms with Gasteiger partial charge in [0, 0.05) is 16.8 Å². The van der Waals surface area contributed by atoms with E-state index in [4.69, 9.17) is 23.2 Å². The first kappa shape index (κ1) is 18.3. The number of rotatable bonds is 4. The fourth-order valence-electron chi connectivity index (χ4n) is 2.85. The van der Waals surface area contributed by atoms with Crippen molar-refractivity contribution in [2.75, 3.05) is 5.32 Å². The number of para-hydroxylation sites is 2. The summed E-state index contributed by atoms with van der Waals surface area (Å²) in [4.78, 5) is 13.0. The second-order valence-electron chi connectivity index (χ2n) is 6.12. The molecule has 1 aromatic heterocycles. The number of benzene rings is 3. The van der Waals surface area contributed by atoms with E-state index in [2.05, 4.69) is 10.4 Å². The predicted octanol–water partition coefficient (Wildman–Crippen LogP) is 6.10. The highest BCUT2D eigenvalue weighted by molar-refractivity contribution is 6.34. The molecule has 0 fully saturated rings. The number of hydrogen-bond donors (Lipinski definition) is 1. The molecule has 0 unspecified atom stereocenters. The standard InChI is InChI=1S/C22H15Cl2N3O/c23-16-8-6-7-15(13-16)21-18(14-27(26-21)17-9-2-1-3-10-17)22(28)25-20-12-5-4-11-19(20)24/h1-14H,(H,25,28). The summed E-state index contributed by atoms with van der Waals surface area (Å²) in [5.41, 5.74) is 3.11. The van der Waals surface area contributed by atoms with E-state index in [1.807, 2.05) is 54.6 Å². The van der Waals surface area contributed by atoms with E-state index in [9.17, 15) is 4.79 Å².